The van der Waals surface area contributed by atoms with Crippen molar-refractivity contribution >= 4 is 46.1 Å². The van der Waals surface area contributed by atoms with Crippen LogP contribution in [0.3, 0.4) is 0 Å². The van der Waals surface area contributed by atoms with E-state index in [0.717, 1.165) is 35.4 Å². The molecule has 0 aliphatic carbocycles. The van der Waals surface area contributed by atoms with E-state index in [2.05, 4.69) is 5.32 Å². The summed E-state index contributed by atoms with van der Waals surface area (Å²) in [5.41, 5.74) is 9.57. The minimum Gasteiger partial charge on any atom is -0.466 e. The smallest absolute Gasteiger partial charge is 0.416 e. The summed E-state index contributed by atoms with van der Waals surface area (Å²) < 4.78 is 85.5. The maximum atomic E-state index is 12.8. The van der Waals surface area contributed by atoms with E-state index in [1.165, 1.54) is 30.3 Å². The lowest BCUT2D eigenvalue weighted by Crippen LogP contribution is -2.13. The molecule has 63 heavy (non-hydrogen) atoms. The number of benzene rings is 6. The summed E-state index contributed by atoms with van der Waals surface area (Å²) in [6, 6.07) is 36.4. The van der Waals surface area contributed by atoms with Crippen LogP contribution in [0, 0.1) is 0 Å². The van der Waals surface area contributed by atoms with E-state index in [1.807, 2.05) is 12.1 Å². The van der Waals surface area contributed by atoms with Crippen molar-refractivity contribution < 1.29 is 55.0 Å². The van der Waals surface area contributed by atoms with Crippen LogP contribution < -0.4 is 11.1 Å². The first-order chi connectivity index (χ1) is 29.9. The third kappa shape index (κ3) is 15.2. The van der Waals surface area contributed by atoms with Crippen LogP contribution in [0.1, 0.15) is 56.8 Å². The van der Waals surface area contributed by atoms with Crippen LogP contribution in [0.25, 0.3) is 22.3 Å². The van der Waals surface area contributed by atoms with E-state index in [1.54, 1.807) is 92.7 Å². The molecule has 6 aromatic carbocycles. The van der Waals surface area contributed by atoms with Crippen molar-refractivity contribution in [1.82, 2.24) is 0 Å². The number of nitrogens with two attached hydrogens (primary N) is 1. The molecule has 6 aromatic rings. The highest BCUT2D eigenvalue weighted by atomic mass is 35.5. The van der Waals surface area contributed by atoms with Crippen LogP contribution in [0.5, 0.6) is 0 Å². The second-order valence-electron chi connectivity index (χ2n) is 13.4. The molecule has 15 heteroatoms. The Kier molecular flexibility index (Phi) is 17.6. The Labute approximate surface area is 364 Å². The lowest BCUT2D eigenvalue weighted by molar-refractivity contribution is -0.143. The topological polar surface area (TPSA) is 125 Å². The summed E-state index contributed by atoms with van der Waals surface area (Å²) in [6.45, 7) is 4.26. The molecule has 0 bridgehead atoms. The van der Waals surface area contributed by atoms with Crippen molar-refractivity contribution in [1.29, 1.82) is 0 Å². The monoisotopic (exact) mass is 890 g/mol. The van der Waals surface area contributed by atoms with Crippen molar-refractivity contribution in [2.24, 2.45) is 0 Å². The molecule has 0 saturated carbocycles. The van der Waals surface area contributed by atoms with Crippen LogP contribution in [0.2, 0.25) is 0 Å². The number of anilines is 2. The highest BCUT2D eigenvalue weighted by molar-refractivity contribution is 6.68. The van der Waals surface area contributed by atoms with Crippen LogP contribution in [-0.2, 0) is 44.3 Å². The first-order valence-corrected chi connectivity index (χ1v) is 19.6. The molecule has 0 aliphatic heterocycles. The number of halogens is 7. The standard InChI is InChI=1S/C24H20F3NO3.C14H8ClF3O.C10H13NO2/c1-2-31-22(29)15-16-7-13-19(14-8-16)28-23(30)21-6-4-3-5-20(21)17-9-11-18(12-10-17)24(25,26)27;15-13(19)12-4-2-1-3-11(12)9-5-7-10(8-6-9)14(16,17)18;1-2-13-10(12)7-8-3-5-9(11)6-4-8/h3-14H,2,15H2,1H3,(H,28,30);1-8H;3-6H,2,7,11H2,1H3. The molecular formula is C48H41ClF6N2O6. The molecule has 1 amide bonds. The van der Waals surface area contributed by atoms with Gasteiger partial charge in [-0.2, -0.15) is 26.3 Å². The number of esters is 2. The van der Waals surface area contributed by atoms with Gasteiger partial charge in [0.15, 0.2) is 0 Å². The first-order valence-electron chi connectivity index (χ1n) is 19.2. The fraction of sp³-hybridized carbons (Fsp3) is 0.167. The molecule has 0 heterocycles. The fourth-order valence-corrected chi connectivity index (χ4v) is 5.98. The Bertz CT molecular complexity index is 2460. The lowest BCUT2D eigenvalue weighted by atomic mass is 9.98. The highest BCUT2D eigenvalue weighted by Crippen LogP contribution is 2.33. The van der Waals surface area contributed by atoms with Gasteiger partial charge >= 0.3 is 24.3 Å². The van der Waals surface area contributed by atoms with Gasteiger partial charge in [-0.1, -0.05) is 84.9 Å². The van der Waals surface area contributed by atoms with Gasteiger partial charge in [0.2, 0.25) is 0 Å². The van der Waals surface area contributed by atoms with Gasteiger partial charge in [-0.3, -0.25) is 19.2 Å². The predicted molar refractivity (Wildman–Crippen MR) is 230 cm³/mol. The Morgan fingerprint density at radius 2 is 0.921 bits per heavy atom. The third-order valence-corrected chi connectivity index (χ3v) is 9.06. The van der Waals surface area contributed by atoms with Gasteiger partial charge in [-0.15, -0.1) is 0 Å². The Morgan fingerprint density at radius 1 is 0.540 bits per heavy atom. The molecule has 0 aromatic heterocycles. The van der Waals surface area contributed by atoms with Crippen molar-refractivity contribution in [3.63, 3.8) is 0 Å². The number of hydrogen-bond donors (Lipinski definition) is 2. The second kappa shape index (κ2) is 22.8. The maximum Gasteiger partial charge on any atom is 0.416 e. The second-order valence-corrected chi connectivity index (χ2v) is 13.7. The Balaban J connectivity index is 0.000000230. The first kappa shape index (κ1) is 48.7. The summed E-state index contributed by atoms with van der Waals surface area (Å²) >= 11 is 5.44. The summed E-state index contributed by atoms with van der Waals surface area (Å²) in [4.78, 5) is 46.7. The van der Waals surface area contributed by atoms with Crippen molar-refractivity contribution in [3.05, 3.63) is 179 Å². The highest BCUT2D eigenvalue weighted by Gasteiger charge is 2.31. The van der Waals surface area contributed by atoms with Gasteiger partial charge in [0, 0.05) is 22.5 Å². The molecule has 0 radical (unpaired) electrons. The molecule has 6 rings (SSSR count). The Hall–Kier alpha value is -6.93. The number of nitrogen functional groups attached to an aromatic ring is 1. The molecule has 0 fully saturated rings. The molecular weight excluding hydrogens is 850 g/mol. The van der Waals surface area contributed by atoms with Crippen LogP contribution in [0.4, 0.5) is 37.7 Å². The molecule has 0 atom stereocenters. The van der Waals surface area contributed by atoms with E-state index in [9.17, 15) is 45.5 Å². The minimum atomic E-state index is -4.42. The summed E-state index contributed by atoms with van der Waals surface area (Å²) in [6.07, 6.45) is -8.35. The van der Waals surface area contributed by atoms with Crippen molar-refractivity contribution in [3.8, 4) is 22.3 Å². The Morgan fingerprint density at radius 3 is 1.32 bits per heavy atom. The number of amides is 1. The van der Waals surface area contributed by atoms with Crippen LogP contribution >= 0.6 is 11.6 Å². The van der Waals surface area contributed by atoms with E-state index < -0.39 is 34.6 Å². The average molecular weight is 891 g/mol. The van der Waals surface area contributed by atoms with Crippen molar-refractivity contribution in [2.45, 2.75) is 39.0 Å². The molecule has 0 aliphatic rings. The van der Waals surface area contributed by atoms with E-state index in [-0.39, 0.29) is 23.9 Å². The zero-order valence-electron chi connectivity index (χ0n) is 33.9. The molecule has 3 N–H and O–H groups in total. The third-order valence-electron chi connectivity index (χ3n) is 8.86. The zero-order chi connectivity index (χ0) is 46.2. The number of alkyl halides is 6. The van der Waals surface area contributed by atoms with Gasteiger partial charge in [-0.05, 0) is 119 Å². The number of rotatable bonds is 11. The number of ether oxygens (including phenoxy) is 2. The molecule has 8 nitrogen and oxygen atoms in total. The maximum absolute atomic E-state index is 12.8. The van der Waals surface area contributed by atoms with Crippen LogP contribution in [-0.4, -0.2) is 36.3 Å². The van der Waals surface area contributed by atoms with Gasteiger partial charge in [0.25, 0.3) is 11.1 Å². The SMILES string of the molecule is CCOC(=O)Cc1ccc(N)cc1.CCOC(=O)Cc1ccc(NC(=O)c2ccccc2-c2ccc(C(F)(F)F)cc2)cc1.O=C(Cl)c1ccccc1-c1ccc(C(F)(F)F)cc1. The quantitative estimate of drug-likeness (QED) is 0.0574. The lowest BCUT2D eigenvalue weighted by Gasteiger charge is -2.12. The fourth-order valence-electron chi connectivity index (χ4n) is 5.81. The normalized spacial score (nSPS) is 10.9. The molecule has 0 spiro atoms. The summed E-state index contributed by atoms with van der Waals surface area (Å²) in [5, 5.41) is 2.13. The molecule has 0 unspecified atom stereocenters. The van der Waals surface area contributed by atoms with Gasteiger partial charge in [0.1, 0.15) is 0 Å². The average Bonchev–Trinajstić information content (AvgIpc) is 3.25. The van der Waals surface area contributed by atoms with Gasteiger partial charge in [-0.25, -0.2) is 0 Å². The zero-order valence-corrected chi connectivity index (χ0v) is 34.6. The van der Waals surface area contributed by atoms with Gasteiger partial charge < -0.3 is 20.5 Å². The number of nitrogens with one attached hydrogen (secondary N) is 1. The summed E-state index contributed by atoms with van der Waals surface area (Å²) in [5.74, 6) is -0.925. The molecule has 0 saturated heterocycles. The minimum absolute atomic E-state index is 0.138. The van der Waals surface area contributed by atoms with Gasteiger partial charge in [0.05, 0.1) is 37.2 Å². The van der Waals surface area contributed by atoms with E-state index in [4.69, 9.17) is 26.8 Å². The van der Waals surface area contributed by atoms with Crippen molar-refractivity contribution in [2.75, 3.05) is 24.3 Å². The van der Waals surface area contributed by atoms with E-state index >= 15 is 0 Å². The predicted octanol–water partition coefficient (Wildman–Crippen LogP) is 11.9. The number of carbonyl (C=O) groups excluding carboxylic acids is 4. The van der Waals surface area contributed by atoms with Crippen LogP contribution in [0.15, 0.2) is 146 Å². The number of carbonyl (C=O) groups is 4. The molecule has 328 valence electrons. The largest absolute Gasteiger partial charge is 0.466 e. The van der Waals surface area contributed by atoms with E-state index in [0.29, 0.717) is 58.8 Å². The summed E-state index contributed by atoms with van der Waals surface area (Å²) in [7, 11) is 0. The number of hydrogen-bond acceptors (Lipinski definition) is 7.